The van der Waals surface area contributed by atoms with E-state index in [1.165, 1.54) is 0 Å². The number of benzene rings is 2. The molecule has 2 heterocycles. The molecule has 0 bridgehead atoms. The molecule has 0 spiro atoms. The quantitative estimate of drug-likeness (QED) is 0.721. The highest BCUT2D eigenvalue weighted by Crippen LogP contribution is 2.23. The molecule has 4 rings (SSSR count). The maximum Gasteiger partial charge on any atom is 0.322 e. The van der Waals surface area contributed by atoms with Crippen molar-refractivity contribution in [2.45, 2.75) is 19.4 Å². The van der Waals surface area contributed by atoms with E-state index in [1.54, 1.807) is 7.11 Å². The van der Waals surface area contributed by atoms with Crippen molar-refractivity contribution in [3.8, 4) is 17.1 Å². The van der Waals surface area contributed by atoms with E-state index in [9.17, 15) is 4.79 Å². The lowest BCUT2D eigenvalue weighted by Crippen LogP contribution is -2.23. The van der Waals surface area contributed by atoms with Crippen LogP contribution in [0.3, 0.4) is 0 Å². The summed E-state index contributed by atoms with van der Waals surface area (Å²) in [7, 11) is 1.62. The van der Waals surface area contributed by atoms with Gasteiger partial charge in [0.05, 0.1) is 7.11 Å². The van der Waals surface area contributed by atoms with E-state index >= 15 is 0 Å². The van der Waals surface area contributed by atoms with Crippen LogP contribution in [-0.2, 0) is 11.3 Å². The topological polar surface area (TPSA) is 80.5 Å². The van der Waals surface area contributed by atoms with E-state index in [2.05, 4.69) is 15.5 Å². The van der Waals surface area contributed by atoms with E-state index in [-0.39, 0.29) is 5.91 Å². The molecule has 0 radical (unpaired) electrons. The predicted molar refractivity (Wildman–Crippen MR) is 102 cm³/mol. The SMILES string of the molecule is COc1cccc(-c2noc(NCc3ccc(N4CCCC4=O)cc3)n2)c1. The molecule has 1 amide bonds. The van der Waals surface area contributed by atoms with E-state index < -0.39 is 0 Å². The first-order valence-corrected chi connectivity index (χ1v) is 8.84. The lowest BCUT2D eigenvalue weighted by molar-refractivity contribution is -0.117. The van der Waals surface area contributed by atoms with Crippen molar-refractivity contribution < 1.29 is 14.1 Å². The summed E-state index contributed by atoms with van der Waals surface area (Å²) in [5.74, 6) is 1.43. The van der Waals surface area contributed by atoms with Crippen LogP contribution in [0.4, 0.5) is 11.7 Å². The number of anilines is 2. The average molecular weight is 364 g/mol. The molecule has 0 aliphatic carbocycles. The molecule has 3 aromatic rings. The molecule has 1 fully saturated rings. The molecule has 7 nitrogen and oxygen atoms in total. The minimum atomic E-state index is 0.191. The number of nitrogens with one attached hydrogen (secondary N) is 1. The summed E-state index contributed by atoms with van der Waals surface area (Å²) in [6.45, 7) is 1.35. The minimum Gasteiger partial charge on any atom is -0.497 e. The fraction of sp³-hybridized carbons (Fsp3) is 0.250. The molecular weight excluding hydrogens is 344 g/mol. The van der Waals surface area contributed by atoms with Crippen LogP contribution in [0, 0.1) is 0 Å². The summed E-state index contributed by atoms with van der Waals surface area (Å²) in [5, 5.41) is 7.13. The first-order chi connectivity index (χ1) is 13.2. The van der Waals surface area contributed by atoms with E-state index in [0.29, 0.717) is 24.8 Å². The summed E-state index contributed by atoms with van der Waals surface area (Å²) in [6, 6.07) is 15.8. The Labute approximate surface area is 156 Å². The van der Waals surface area contributed by atoms with Crippen LogP contribution >= 0.6 is 0 Å². The number of methoxy groups -OCH3 is 1. The van der Waals surface area contributed by atoms with Crippen molar-refractivity contribution in [3.05, 3.63) is 54.1 Å². The zero-order valence-corrected chi connectivity index (χ0v) is 15.0. The number of hydrogen-bond donors (Lipinski definition) is 1. The molecule has 138 valence electrons. The summed E-state index contributed by atoms with van der Waals surface area (Å²) in [5.41, 5.74) is 2.83. The number of amides is 1. The van der Waals surface area contributed by atoms with Gasteiger partial charge in [0.2, 0.25) is 11.7 Å². The van der Waals surface area contributed by atoms with Gasteiger partial charge in [-0.05, 0) is 36.2 Å². The second-order valence-electron chi connectivity index (χ2n) is 6.32. The van der Waals surface area contributed by atoms with E-state index in [0.717, 1.165) is 35.5 Å². The molecule has 2 aromatic carbocycles. The average Bonchev–Trinajstić information content (AvgIpc) is 3.36. The van der Waals surface area contributed by atoms with Gasteiger partial charge in [0.1, 0.15) is 5.75 Å². The van der Waals surface area contributed by atoms with Crippen molar-refractivity contribution in [1.29, 1.82) is 0 Å². The molecule has 0 unspecified atom stereocenters. The second-order valence-corrected chi connectivity index (χ2v) is 6.32. The summed E-state index contributed by atoms with van der Waals surface area (Å²) < 4.78 is 10.5. The number of nitrogens with zero attached hydrogens (tertiary/aromatic N) is 3. The van der Waals surface area contributed by atoms with Crippen LogP contribution in [0.15, 0.2) is 53.1 Å². The second kappa shape index (κ2) is 7.49. The highest BCUT2D eigenvalue weighted by molar-refractivity contribution is 5.95. The Hall–Kier alpha value is -3.35. The first kappa shape index (κ1) is 17.1. The Balaban J connectivity index is 1.39. The lowest BCUT2D eigenvalue weighted by atomic mass is 10.2. The third-order valence-corrected chi connectivity index (χ3v) is 4.52. The van der Waals surface area contributed by atoms with Crippen LogP contribution in [-0.4, -0.2) is 29.7 Å². The Bertz CT molecular complexity index is 936. The van der Waals surface area contributed by atoms with Crippen molar-refractivity contribution in [2.24, 2.45) is 0 Å². The number of hydrogen-bond acceptors (Lipinski definition) is 6. The minimum absolute atomic E-state index is 0.191. The molecule has 1 aromatic heterocycles. The normalized spacial score (nSPS) is 13.8. The van der Waals surface area contributed by atoms with Gasteiger partial charge in [0.25, 0.3) is 0 Å². The van der Waals surface area contributed by atoms with E-state index in [4.69, 9.17) is 9.26 Å². The maximum absolute atomic E-state index is 11.8. The highest BCUT2D eigenvalue weighted by Gasteiger charge is 2.21. The van der Waals surface area contributed by atoms with Crippen molar-refractivity contribution >= 4 is 17.6 Å². The first-order valence-electron chi connectivity index (χ1n) is 8.84. The van der Waals surface area contributed by atoms with Gasteiger partial charge in [-0.1, -0.05) is 29.4 Å². The Kier molecular flexibility index (Phi) is 4.74. The Morgan fingerprint density at radius 3 is 2.81 bits per heavy atom. The molecule has 1 aliphatic heterocycles. The monoisotopic (exact) mass is 364 g/mol. The molecule has 7 heteroatoms. The van der Waals surface area contributed by atoms with Gasteiger partial charge in [-0.15, -0.1) is 0 Å². The molecule has 1 saturated heterocycles. The van der Waals surface area contributed by atoms with Gasteiger partial charge in [0, 0.05) is 30.8 Å². The number of ether oxygens (including phenoxy) is 1. The molecule has 0 saturated carbocycles. The van der Waals surface area contributed by atoms with Gasteiger partial charge in [-0.25, -0.2) is 0 Å². The van der Waals surface area contributed by atoms with Crippen LogP contribution in [0.5, 0.6) is 5.75 Å². The largest absolute Gasteiger partial charge is 0.497 e. The standard InChI is InChI=1S/C20H20N4O3/c1-26-17-5-2-4-15(12-17)19-22-20(27-23-19)21-13-14-7-9-16(10-8-14)24-11-3-6-18(24)25/h2,4-5,7-10,12H,3,6,11,13H2,1H3,(H,21,22,23). The van der Waals surface area contributed by atoms with Crippen LogP contribution in [0.2, 0.25) is 0 Å². The van der Waals surface area contributed by atoms with Crippen molar-refractivity contribution in [2.75, 3.05) is 23.9 Å². The fourth-order valence-electron chi connectivity index (χ4n) is 3.07. The highest BCUT2D eigenvalue weighted by atomic mass is 16.5. The summed E-state index contributed by atoms with van der Waals surface area (Å²) in [4.78, 5) is 18.0. The number of rotatable bonds is 6. The zero-order chi connectivity index (χ0) is 18.6. The smallest absolute Gasteiger partial charge is 0.322 e. The molecular formula is C20H20N4O3. The van der Waals surface area contributed by atoms with Gasteiger partial charge in [0.15, 0.2) is 0 Å². The number of carbonyl (C=O) groups excluding carboxylic acids is 1. The maximum atomic E-state index is 11.8. The van der Waals surface area contributed by atoms with Crippen molar-refractivity contribution in [3.63, 3.8) is 0 Å². The van der Waals surface area contributed by atoms with Gasteiger partial charge in [-0.3, -0.25) is 4.79 Å². The summed E-state index contributed by atoms with van der Waals surface area (Å²) in [6.07, 6.45) is 1.56. The summed E-state index contributed by atoms with van der Waals surface area (Å²) >= 11 is 0. The van der Waals surface area contributed by atoms with Crippen LogP contribution in [0.1, 0.15) is 18.4 Å². The predicted octanol–water partition coefficient (Wildman–Crippen LogP) is 3.48. The van der Waals surface area contributed by atoms with Crippen LogP contribution in [0.25, 0.3) is 11.4 Å². The third-order valence-electron chi connectivity index (χ3n) is 4.52. The van der Waals surface area contributed by atoms with Gasteiger partial charge in [-0.2, -0.15) is 4.98 Å². The molecule has 1 aliphatic rings. The van der Waals surface area contributed by atoms with Crippen LogP contribution < -0.4 is 15.0 Å². The van der Waals surface area contributed by atoms with Crippen molar-refractivity contribution in [1.82, 2.24) is 10.1 Å². The molecule has 1 N–H and O–H groups in total. The fourth-order valence-corrected chi connectivity index (χ4v) is 3.07. The van der Waals surface area contributed by atoms with Gasteiger partial charge < -0.3 is 19.5 Å². The number of carbonyl (C=O) groups is 1. The van der Waals surface area contributed by atoms with E-state index in [1.807, 2.05) is 53.4 Å². The molecule has 27 heavy (non-hydrogen) atoms. The van der Waals surface area contributed by atoms with Gasteiger partial charge >= 0.3 is 6.01 Å². The Morgan fingerprint density at radius 1 is 1.22 bits per heavy atom. The Morgan fingerprint density at radius 2 is 2.07 bits per heavy atom. The number of aromatic nitrogens is 2. The third kappa shape index (κ3) is 3.76. The zero-order valence-electron chi connectivity index (χ0n) is 15.0. The molecule has 0 atom stereocenters. The lowest BCUT2D eigenvalue weighted by Gasteiger charge is -2.15.